The molecule has 3 atom stereocenters. The maximum atomic E-state index is 9.02. The minimum Gasteiger partial charge on any atom is -0.349 e. The monoisotopic (exact) mass is 294 g/mol. The first-order valence-electron chi connectivity index (χ1n) is 7.74. The third kappa shape index (κ3) is 2.05. The van der Waals surface area contributed by atoms with Gasteiger partial charge >= 0.3 is 0 Å². The Kier molecular flexibility index (Phi) is 3.07. The number of hydrogen-bond donors (Lipinski definition) is 0. The lowest BCUT2D eigenvalue weighted by Gasteiger charge is -2.39. The first kappa shape index (κ1) is 13.3. The van der Waals surface area contributed by atoms with Crippen molar-refractivity contribution in [1.29, 1.82) is 5.26 Å². The fourth-order valence-electron chi connectivity index (χ4n) is 4.11. The molecule has 22 heavy (non-hydrogen) atoms. The smallest absolute Gasteiger partial charge is 0.161 e. The van der Waals surface area contributed by atoms with E-state index in [1.54, 1.807) is 6.20 Å². The summed E-state index contributed by atoms with van der Waals surface area (Å²) in [6.45, 7) is 0. The average molecular weight is 294 g/mol. The van der Waals surface area contributed by atoms with Crippen molar-refractivity contribution in [2.75, 3.05) is 4.90 Å². The van der Waals surface area contributed by atoms with Gasteiger partial charge in [0, 0.05) is 36.9 Å². The van der Waals surface area contributed by atoms with Gasteiger partial charge in [-0.3, -0.25) is 9.67 Å². The largest absolute Gasteiger partial charge is 0.349 e. The Hall–Kier alpha value is -2.42. The molecule has 6 heteroatoms. The number of anilines is 1. The molecule has 112 valence electrons. The highest BCUT2D eigenvalue weighted by molar-refractivity contribution is 5.44. The zero-order chi connectivity index (χ0) is 15.1. The first-order valence-corrected chi connectivity index (χ1v) is 7.74. The number of aryl methyl sites for hydroxylation is 1. The van der Waals surface area contributed by atoms with Gasteiger partial charge in [-0.1, -0.05) is 0 Å². The van der Waals surface area contributed by atoms with E-state index in [0.29, 0.717) is 23.7 Å². The molecule has 4 rings (SSSR count). The van der Waals surface area contributed by atoms with Crippen molar-refractivity contribution < 1.29 is 0 Å². The maximum absolute atomic E-state index is 9.02. The number of piperidine rings is 1. The van der Waals surface area contributed by atoms with Crippen molar-refractivity contribution in [2.45, 2.75) is 43.7 Å². The minimum atomic E-state index is 0.394. The number of nitriles is 1. The van der Waals surface area contributed by atoms with Crippen LogP contribution in [0.2, 0.25) is 0 Å². The summed E-state index contributed by atoms with van der Waals surface area (Å²) in [4.78, 5) is 11.0. The number of nitrogens with zero attached hydrogens (tertiary/aromatic N) is 6. The van der Waals surface area contributed by atoms with Crippen LogP contribution in [-0.2, 0) is 7.05 Å². The van der Waals surface area contributed by atoms with Crippen LogP contribution < -0.4 is 4.90 Å². The lowest BCUT2D eigenvalue weighted by atomic mass is 9.88. The van der Waals surface area contributed by atoms with E-state index in [4.69, 9.17) is 5.26 Å². The van der Waals surface area contributed by atoms with Crippen molar-refractivity contribution in [3.63, 3.8) is 0 Å². The summed E-state index contributed by atoms with van der Waals surface area (Å²) in [6.07, 6.45) is 9.81. The first-order chi connectivity index (χ1) is 10.8. The van der Waals surface area contributed by atoms with E-state index in [1.807, 2.05) is 17.9 Å². The molecule has 0 aliphatic carbocycles. The maximum Gasteiger partial charge on any atom is 0.161 e. The van der Waals surface area contributed by atoms with E-state index in [2.05, 4.69) is 32.1 Å². The predicted octanol–water partition coefficient (Wildman–Crippen LogP) is 2.00. The standard InChI is InChI=1S/C16H18N6/c1-21-15(4-5-19-21)11-6-13-2-3-14(7-11)22(13)16-10-18-9-12(8-17)20-16/h4-5,9-11,13-14H,2-3,6-7H2,1H3/t11?,13-,14+. The molecule has 2 aliphatic heterocycles. The molecule has 0 radical (unpaired) electrons. The molecule has 2 aromatic heterocycles. The van der Waals surface area contributed by atoms with Gasteiger partial charge in [0.2, 0.25) is 0 Å². The molecule has 2 saturated heterocycles. The van der Waals surface area contributed by atoms with Crippen molar-refractivity contribution in [3.8, 4) is 6.07 Å². The third-order valence-corrected chi connectivity index (χ3v) is 5.01. The summed E-state index contributed by atoms with van der Waals surface area (Å²) in [5, 5.41) is 13.3. The summed E-state index contributed by atoms with van der Waals surface area (Å²) < 4.78 is 2.00. The molecule has 0 saturated carbocycles. The van der Waals surface area contributed by atoms with Crippen LogP contribution in [0, 0.1) is 11.3 Å². The molecular formula is C16H18N6. The Morgan fingerprint density at radius 1 is 1.23 bits per heavy atom. The zero-order valence-electron chi connectivity index (χ0n) is 12.6. The second-order valence-corrected chi connectivity index (χ2v) is 6.21. The molecular weight excluding hydrogens is 276 g/mol. The van der Waals surface area contributed by atoms with Crippen molar-refractivity contribution in [2.24, 2.45) is 7.05 Å². The van der Waals surface area contributed by atoms with E-state index < -0.39 is 0 Å². The van der Waals surface area contributed by atoms with Gasteiger partial charge in [0.1, 0.15) is 11.9 Å². The van der Waals surface area contributed by atoms with Crippen LogP contribution in [0.4, 0.5) is 5.82 Å². The fourth-order valence-corrected chi connectivity index (χ4v) is 4.11. The molecule has 6 nitrogen and oxygen atoms in total. The van der Waals surface area contributed by atoms with Crippen LogP contribution in [0.1, 0.15) is 43.0 Å². The highest BCUT2D eigenvalue weighted by atomic mass is 15.3. The van der Waals surface area contributed by atoms with Gasteiger partial charge in [0.15, 0.2) is 5.69 Å². The number of rotatable bonds is 2. The van der Waals surface area contributed by atoms with Gasteiger partial charge in [-0.25, -0.2) is 4.98 Å². The lowest BCUT2D eigenvalue weighted by Crippen LogP contribution is -2.43. The Morgan fingerprint density at radius 3 is 2.64 bits per heavy atom. The summed E-state index contributed by atoms with van der Waals surface area (Å²) in [6, 6.07) is 5.19. The Morgan fingerprint density at radius 2 is 2.00 bits per heavy atom. The minimum absolute atomic E-state index is 0.394. The quantitative estimate of drug-likeness (QED) is 0.847. The second kappa shape index (κ2) is 5.09. The van der Waals surface area contributed by atoms with Crippen LogP contribution in [0.5, 0.6) is 0 Å². The second-order valence-electron chi connectivity index (χ2n) is 6.21. The van der Waals surface area contributed by atoms with E-state index >= 15 is 0 Å². The number of aromatic nitrogens is 4. The van der Waals surface area contributed by atoms with E-state index in [1.165, 1.54) is 24.7 Å². The molecule has 2 fully saturated rings. The van der Waals surface area contributed by atoms with Gasteiger partial charge in [0.25, 0.3) is 0 Å². The van der Waals surface area contributed by atoms with Gasteiger partial charge in [0.05, 0.1) is 12.4 Å². The summed E-state index contributed by atoms with van der Waals surface area (Å²) in [5.74, 6) is 1.42. The predicted molar refractivity (Wildman–Crippen MR) is 81.2 cm³/mol. The highest BCUT2D eigenvalue weighted by Gasteiger charge is 2.42. The summed E-state index contributed by atoms with van der Waals surface area (Å²) >= 11 is 0. The molecule has 0 amide bonds. The van der Waals surface area contributed by atoms with Crippen molar-refractivity contribution >= 4 is 5.82 Å². The normalized spacial score (nSPS) is 26.9. The van der Waals surface area contributed by atoms with Crippen LogP contribution in [0.15, 0.2) is 24.7 Å². The summed E-state index contributed by atoms with van der Waals surface area (Å²) in [5.41, 5.74) is 1.72. The average Bonchev–Trinajstić information content (AvgIpc) is 3.08. The zero-order valence-corrected chi connectivity index (χ0v) is 12.6. The topological polar surface area (TPSA) is 70.6 Å². The Balaban J connectivity index is 1.61. The van der Waals surface area contributed by atoms with Crippen LogP contribution >= 0.6 is 0 Å². The van der Waals surface area contributed by atoms with E-state index in [9.17, 15) is 0 Å². The Bertz CT molecular complexity index is 716. The van der Waals surface area contributed by atoms with Gasteiger partial charge < -0.3 is 4.90 Å². The molecule has 4 heterocycles. The molecule has 2 aliphatic rings. The molecule has 2 bridgehead atoms. The van der Waals surface area contributed by atoms with Gasteiger partial charge in [-0.2, -0.15) is 10.4 Å². The molecule has 0 spiro atoms. The van der Waals surface area contributed by atoms with E-state index in [-0.39, 0.29) is 0 Å². The van der Waals surface area contributed by atoms with Crippen molar-refractivity contribution in [3.05, 3.63) is 36.0 Å². The molecule has 0 aromatic carbocycles. The Labute approximate surface area is 129 Å². The molecule has 0 N–H and O–H groups in total. The van der Waals surface area contributed by atoms with Crippen molar-refractivity contribution in [1.82, 2.24) is 19.7 Å². The molecule has 1 unspecified atom stereocenters. The van der Waals surface area contributed by atoms with Crippen LogP contribution in [-0.4, -0.2) is 31.8 Å². The fraction of sp³-hybridized carbons (Fsp3) is 0.500. The number of fused-ring (bicyclic) bond motifs is 2. The van der Waals surface area contributed by atoms with Crippen LogP contribution in [0.25, 0.3) is 0 Å². The highest BCUT2D eigenvalue weighted by Crippen LogP contribution is 2.44. The van der Waals surface area contributed by atoms with Gasteiger partial charge in [-0.05, 0) is 31.7 Å². The third-order valence-electron chi connectivity index (χ3n) is 5.01. The van der Waals surface area contributed by atoms with Gasteiger partial charge in [-0.15, -0.1) is 0 Å². The SMILES string of the molecule is Cn1nccc1C1C[C@H]2CC[C@@H](C1)N2c1cncc(C#N)n1. The lowest BCUT2D eigenvalue weighted by molar-refractivity contribution is 0.397. The van der Waals surface area contributed by atoms with Crippen LogP contribution in [0.3, 0.4) is 0 Å². The van der Waals surface area contributed by atoms with E-state index in [0.717, 1.165) is 18.7 Å². The number of hydrogen-bond acceptors (Lipinski definition) is 5. The molecule has 2 aromatic rings. The summed E-state index contributed by atoms with van der Waals surface area (Å²) in [7, 11) is 2.02.